The first-order valence-electron chi connectivity index (χ1n) is 7.15. The van der Waals surface area contributed by atoms with E-state index in [1.165, 1.54) is 5.56 Å². The second kappa shape index (κ2) is 7.06. The molecule has 0 saturated carbocycles. The van der Waals surface area contributed by atoms with E-state index in [9.17, 15) is 0 Å². The van der Waals surface area contributed by atoms with Crippen molar-refractivity contribution in [1.29, 1.82) is 0 Å². The van der Waals surface area contributed by atoms with Gasteiger partial charge in [0.1, 0.15) is 5.75 Å². The van der Waals surface area contributed by atoms with Crippen LogP contribution in [0, 0.1) is 6.92 Å². The van der Waals surface area contributed by atoms with Crippen LogP contribution in [0.1, 0.15) is 30.0 Å². The van der Waals surface area contributed by atoms with Crippen LogP contribution < -0.4 is 10.5 Å². The second-order valence-electron chi connectivity index (χ2n) is 5.00. The van der Waals surface area contributed by atoms with Gasteiger partial charge >= 0.3 is 0 Å². The third kappa shape index (κ3) is 3.81. The van der Waals surface area contributed by atoms with Gasteiger partial charge in [0, 0.05) is 11.8 Å². The quantitative estimate of drug-likeness (QED) is 0.871. The summed E-state index contributed by atoms with van der Waals surface area (Å²) in [6.07, 6.45) is 4.94. The summed E-state index contributed by atoms with van der Waals surface area (Å²) in [5.41, 5.74) is 9.07. The lowest BCUT2D eigenvalue weighted by atomic mass is 10.1. The van der Waals surface area contributed by atoms with E-state index in [2.05, 4.69) is 30.1 Å². The molecule has 0 aliphatic carbocycles. The third-order valence-electron chi connectivity index (χ3n) is 3.20. The lowest BCUT2D eigenvalue weighted by Crippen LogP contribution is -2.03. The number of hydrogen-bond donors (Lipinski definition) is 1. The smallest absolute Gasteiger partial charge is 0.222 e. The molecule has 106 valence electrons. The van der Waals surface area contributed by atoms with Crippen LogP contribution >= 0.6 is 0 Å². The zero-order chi connectivity index (χ0) is 14.4. The minimum atomic E-state index is 0.639. The number of aromatic nitrogens is 1. The molecule has 0 amide bonds. The maximum atomic E-state index is 5.83. The molecule has 0 radical (unpaired) electrons. The zero-order valence-electron chi connectivity index (χ0n) is 12.2. The van der Waals surface area contributed by atoms with Gasteiger partial charge in [-0.15, -0.1) is 0 Å². The third-order valence-corrected chi connectivity index (χ3v) is 3.20. The summed E-state index contributed by atoms with van der Waals surface area (Å²) >= 11 is 0. The Bertz CT molecular complexity index is 549. The fraction of sp³-hybridized carbons (Fsp3) is 0.353. The summed E-state index contributed by atoms with van der Waals surface area (Å²) in [5, 5.41) is 0. The summed E-state index contributed by atoms with van der Waals surface area (Å²) in [6, 6.07) is 10.3. The average molecular weight is 270 g/mol. The van der Waals surface area contributed by atoms with Crippen LogP contribution in [0.5, 0.6) is 11.6 Å². The molecule has 0 saturated heterocycles. The Hall–Kier alpha value is -1.87. The summed E-state index contributed by atoms with van der Waals surface area (Å²) in [4.78, 5) is 4.37. The first-order chi connectivity index (χ1) is 9.72. The number of pyridine rings is 1. The predicted octanol–water partition coefficient (Wildman–Crippen LogP) is 3.64. The molecular formula is C17H22N2O. The van der Waals surface area contributed by atoms with Crippen molar-refractivity contribution in [3.05, 3.63) is 53.2 Å². The molecule has 2 rings (SSSR count). The van der Waals surface area contributed by atoms with Crippen LogP contribution in [0.15, 0.2) is 36.5 Å². The molecule has 0 atom stereocenters. The lowest BCUT2D eigenvalue weighted by Gasteiger charge is -2.09. The molecule has 3 nitrogen and oxygen atoms in total. The Balaban J connectivity index is 2.09. The number of ether oxygens (including phenoxy) is 1. The molecule has 1 aromatic heterocycles. The Morgan fingerprint density at radius 1 is 1.10 bits per heavy atom. The SMILES string of the molecule is CCCc1ccc(Oc2ncc(CCN)cc2C)cc1. The average Bonchev–Trinajstić information content (AvgIpc) is 2.44. The standard InChI is InChI=1S/C17H22N2O/c1-3-4-14-5-7-16(8-6-14)20-17-13(2)11-15(9-10-18)12-19-17/h5-8,11-12H,3-4,9-10,18H2,1-2H3. The molecule has 2 aromatic rings. The maximum absolute atomic E-state index is 5.83. The van der Waals surface area contributed by atoms with Crippen molar-refractivity contribution in [2.75, 3.05) is 6.54 Å². The molecular weight excluding hydrogens is 248 g/mol. The van der Waals surface area contributed by atoms with Crippen LogP contribution in [-0.2, 0) is 12.8 Å². The van der Waals surface area contributed by atoms with E-state index in [0.29, 0.717) is 12.4 Å². The van der Waals surface area contributed by atoms with Crippen LogP contribution in [0.2, 0.25) is 0 Å². The minimum absolute atomic E-state index is 0.639. The Labute approximate surface area is 120 Å². The number of rotatable bonds is 6. The minimum Gasteiger partial charge on any atom is -0.439 e. The van der Waals surface area contributed by atoms with Gasteiger partial charge in [0.2, 0.25) is 5.88 Å². The molecule has 1 heterocycles. The van der Waals surface area contributed by atoms with Gasteiger partial charge in [-0.3, -0.25) is 0 Å². The highest BCUT2D eigenvalue weighted by atomic mass is 16.5. The first-order valence-corrected chi connectivity index (χ1v) is 7.15. The lowest BCUT2D eigenvalue weighted by molar-refractivity contribution is 0.458. The monoisotopic (exact) mass is 270 g/mol. The van der Waals surface area contributed by atoms with Crippen molar-refractivity contribution < 1.29 is 4.74 Å². The van der Waals surface area contributed by atoms with Crippen molar-refractivity contribution in [3.8, 4) is 11.6 Å². The molecule has 3 heteroatoms. The van der Waals surface area contributed by atoms with Crippen LogP contribution in [-0.4, -0.2) is 11.5 Å². The number of aryl methyl sites for hydroxylation is 2. The van der Waals surface area contributed by atoms with Gasteiger partial charge < -0.3 is 10.5 Å². The van der Waals surface area contributed by atoms with Crippen molar-refractivity contribution >= 4 is 0 Å². The van der Waals surface area contributed by atoms with E-state index in [1.54, 1.807) is 0 Å². The largest absolute Gasteiger partial charge is 0.439 e. The van der Waals surface area contributed by atoms with E-state index in [4.69, 9.17) is 10.5 Å². The van der Waals surface area contributed by atoms with Crippen molar-refractivity contribution in [2.24, 2.45) is 5.73 Å². The predicted molar refractivity (Wildman–Crippen MR) is 82.2 cm³/mol. The topological polar surface area (TPSA) is 48.1 Å². The molecule has 0 unspecified atom stereocenters. The van der Waals surface area contributed by atoms with E-state index in [1.807, 2.05) is 25.3 Å². The maximum Gasteiger partial charge on any atom is 0.222 e. The van der Waals surface area contributed by atoms with Crippen LogP contribution in [0.3, 0.4) is 0 Å². The Kier molecular flexibility index (Phi) is 5.13. The number of nitrogens with two attached hydrogens (primary N) is 1. The molecule has 0 bridgehead atoms. The molecule has 0 aliphatic rings. The van der Waals surface area contributed by atoms with Gasteiger partial charge in [-0.1, -0.05) is 25.5 Å². The summed E-state index contributed by atoms with van der Waals surface area (Å²) < 4.78 is 5.83. The zero-order valence-corrected chi connectivity index (χ0v) is 12.2. The Morgan fingerprint density at radius 2 is 1.85 bits per heavy atom. The fourth-order valence-electron chi connectivity index (χ4n) is 2.16. The highest BCUT2D eigenvalue weighted by Crippen LogP contribution is 2.23. The van der Waals surface area contributed by atoms with Crippen LogP contribution in [0.4, 0.5) is 0 Å². The second-order valence-corrected chi connectivity index (χ2v) is 5.00. The van der Waals surface area contributed by atoms with Gasteiger partial charge in [0.15, 0.2) is 0 Å². The van der Waals surface area contributed by atoms with Gasteiger partial charge in [0.05, 0.1) is 0 Å². The molecule has 0 spiro atoms. The van der Waals surface area contributed by atoms with Gasteiger partial charge in [0.25, 0.3) is 0 Å². The molecule has 2 N–H and O–H groups in total. The highest BCUT2D eigenvalue weighted by molar-refractivity contribution is 5.35. The van der Waals surface area contributed by atoms with E-state index in [-0.39, 0.29) is 0 Å². The molecule has 1 aromatic carbocycles. The number of benzene rings is 1. The fourth-order valence-corrected chi connectivity index (χ4v) is 2.16. The van der Waals surface area contributed by atoms with E-state index in [0.717, 1.165) is 36.1 Å². The Morgan fingerprint density at radius 3 is 2.45 bits per heavy atom. The molecule has 0 fully saturated rings. The summed E-state index contributed by atoms with van der Waals surface area (Å²) in [7, 11) is 0. The van der Waals surface area contributed by atoms with Crippen molar-refractivity contribution in [3.63, 3.8) is 0 Å². The highest BCUT2D eigenvalue weighted by Gasteiger charge is 2.04. The van der Waals surface area contributed by atoms with E-state index >= 15 is 0 Å². The van der Waals surface area contributed by atoms with Gasteiger partial charge in [-0.2, -0.15) is 0 Å². The normalized spacial score (nSPS) is 10.6. The molecule has 20 heavy (non-hydrogen) atoms. The van der Waals surface area contributed by atoms with E-state index < -0.39 is 0 Å². The summed E-state index contributed by atoms with van der Waals surface area (Å²) in [5.74, 6) is 1.49. The first kappa shape index (κ1) is 14.5. The number of nitrogens with zero attached hydrogens (tertiary/aromatic N) is 1. The van der Waals surface area contributed by atoms with Gasteiger partial charge in [-0.25, -0.2) is 4.98 Å². The van der Waals surface area contributed by atoms with Crippen LogP contribution in [0.25, 0.3) is 0 Å². The van der Waals surface area contributed by atoms with Gasteiger partial charge in [-0.05, 0) is 55.6 Å². The molecule has 0 aliphatic heterocycles. The number of hydrogen-bond acceptors (Lipinski definition) is 3. The summed E-state index contributed by atoms with van der Waals surface area (Å²) in [6.45, 7) is 4.83. The van der Waals surface area contributed by atoms with Crippen molar-refractivity contribution in [1.82, 2.24) is 4.98 Å². The van der Waals surface area contributed by atoms with Crippen molar-refractivity contribution in [2.45, 2.75) is 33.1 Å².